The van der Waals surface area contributed by atoms with Crippen LogP contribution in [-0.2, 0) is 11.2 Å². The standard InChI is InChI=1S/C21H25ClN4O/c1-25(2)15-10-11-26(13-15)14-6-9-20(23-12-14)24-21(27)18-8-7-17-16(18)4-3-5-19(17)22/h3-6,9,12,15,18H,7-8,10-11,13H2,1-2H3,(H,23,24,27). The third kappa shape index (κ3) is 3.66. The van der Waals surface area contributed by atoms with Crippen LogP contribution in [0.3, 0.4) is 0 Å². The minimum absolute atomic E-state index is 0.00916. The number of benzene rings is 1. The lowest BCUT2D eigenvalue weighted by molar-refractivity contribution is -0.117. The molecule has 4 rings (SSSR count). The van der Waals surface area contributed by atoms with Crippen LogP contribution in [0.15, 0.2) is 36.5 Å². The summed E-state index contributed by atoms with van der Waals surface area (Å²) in [6, 6.07) is 10.3. The van der Waals surface area contributed by atoms with E-state index in [0.717, 1.165) is 54.2 Å². The molecular weight excluding hydrogens is 360 g/mol. The molecule has 2 unspecified atom stereocenters. The van der Waals surface area contributed by atoms with Crippen molar-refractivity contribution < 1.29 is 4.79 Å². The summed E-state index contributed by atoms with van der Waals surface area (Å²) in [6.45, 7) is 2.05. The van der Waals surface area contributed by atoms with Gasteiger partial charge in [0, 0.05) is 24.2 Å². The molecule has 1 N–H and O–H groups in total. The molecule has 0 radical (unpaired) electrons. The number of pyridine rings is 1. The summed E-state index contributed by atoms with van der Waals surface area (Å²) < 4.78 is 0. The fourth-order valence-corrected chi connectivity index (χ4v) is 4.42. The van der Waals surface area contributed by atoms with Gasteiger partial charge in [0.15, 0.2) is 0 Å². The van der Waals surface area contributed by atoms with E-state index in [0.29, 0.717) is 11.9 Å². The van der Waals surface area contributed by atoms with Gasteiger partial charge in [0.05, 0.1) is 17.8 Å². The van der Waals surface area contributed by atoms with Gasteiger partial charge in [-0.2, -0.15) is 0 Å². The highest BCUT2D eigenvalue weighted by atomic mass is 35.5. The number of hydrogen-bond acceptors (Lipinski definition) is 4. The van der Waals surface area contributed by atoms with Crippen LogP contribution in [0.1, 0.15) is 29.9 Å². The Morgan fingerprint density at radius 3 is 2.81 bits per heavy atom. The molecule has 2 aromatic rings. The number of aromatic nitrogens is 1. The van der Waals surface area contributed by atoms with Crippen molar-refractivity contribution in [3.8, 4) is 0 Å². The molecule has 1 aromatic carbocycles. The highest BCUT2D eigenvalue weighted by Crippen LogP contribution is 2.37. The van der Waals surface area contributed by atoms with Crippen LogP contribution in [0.2, 0.25) is 5.02 Å². The van der Waals surface area contributed by atoms with Crippen molar-refractivity contribution in [3.63, 3.8) is 0 Å². The van der Waals surface area contributed by atoms with Crippen molar-refractivity contribution in [1.29, 1.82) is 0 Å². The van der Waals surface area contributed by atoms with Gasteiger partial charge in [0.1, 0.15) is 5.82 Å². The molecule has 0 bridgehead atoms. The molecule has 6 heteroatoms. The number of hydrogen-bond donors (Lipinski definition) is 1. The molecule has 1 aliphatic carbocycles. The highest BCUT2D eigenvalue weighted by Gasteiger charge is 2.30. The Labute approximate surface area is 165 Å². The van der Waals surface area contributed by atoms with E-state index in [2.05, 4.69) is 34.2 Å². The maximum atomic E-state index is 12.7. The Morgan fingerprint density at radius 2 is 2.11 bits per heavy atom. The Hall–Kier alpha value is -2.11. The Balaban J connectivity index is 1.41. The van der Waals surface area contributed by atoms with E-state index >= 15 is 0 Å². The average molecular weight is 385 g/mol. The SMILES string of the molecule is CN(C)C1CCN(c2ccc(NC(=O)C3CCc4c(Cl)cccc43)nc2)C1. The summed E-state index contributed by atoms with van der Waals surface area (Å²) in [4.78, 5) is 21.8. The molecule has 0 spiro atoms. The lowest BCUT2D eigenvalue weighted by atomic mass is 10.0. The van der Waals surface area contributed by atoms with Gasteiger partial charge >= 0.3 is 0 Å². The lowest BCUT2D eigenvalue weighted by Crippen LogP contribution is -2.31. The number of likely N-dealkylation sites (N-methyl/N-ethyl adjacent to an activating group) is 1. The molecule has 1 aliphatic heterocycles. The van der Waals surface area contributed by atoms with Crippen LogP contribution in [-0.4, -0.2) is 49.0 Å². The van der Waals surface area contributed by atoms with E-state index in [9.17, 15) is 4.79 Å². The molecule has 2 aliphatic rings. The molecular formula is C21H25ClN4O. The molecule has 0 saturated carbocycles. The number of nitrogens with zero attached hydrogens (tertiary/aromatic N) is 3. The minimum atomic E-state index is -0.153. The zero-order valence-corrected chi connectivity index (χ0v) is 16.5. The zero-order valence-electron chi connectivity index (χ0n) is 15.8. The average Bonchev–Trinajstić information content (AvgIpc) is 3.30. The summed E-state index contributed by atoms with van der Waals surface area (Å²) in [5.41, 5.74) is 3.26. The second-order valence-electron chi connectivity index (χ2n) is 7.64. The maximum Gasteiger partial charge on any atom is 0.233 e. The van der Waals surface area contributed by atoms with Gasteiger partial charge in [-0.05, 0) is 62.7 Å². The van der Waals surface area contributed by atoms with E-state index < -0.39 is 0 Å². The highest BCUT2D eigenvalue weighted by molar-refractivity contribution is 6.31. The fraction of sp³-hybridized carbons (Fsp3) is 0.429. The number of anilines is 2. The lowest BCUT2D eigenvalue weighted by Gasteiger charge is -2.21. The van der Waals surface area contributed by atoms with E-state index in [4.69, 9.17) is 11.6 Å². The summed E-state index contributed by atoms with van der Waals surface area (Å²) in [7, 11) is 4.25. The van der Waals surface area contributed by atoms with Gasteiger partial charge in [-0.15, -0.1) is 0 Å². The first kappa shape index (κ1) is 18.3. The zero-order chi connectivity index (χ0) is 19.0. The van der Waals surface area contributed by atoms with Crippen LogP contribution < -0.4 is 10.2 Å². The second kappa shape index (κ2) is 7.49. The second-order valence-corrected chi connectivity index (χ2v) is 8.05. The molecule has 1 fully saturated rings. The number of nitrogens with one attached hydrogen (secondary N) is 1. The third-order valence-electron chi connectivity index (χ3n) is 5.79. The summed E-state index contributed by atoms with van der Waals surface area (Å²) >= 11 is 6.26. The van der Waals surface area contributed by atoms with Crippen molar-refractivity contribution in [2.24, 2.45) is 0 Å². The van der Waals surface area contributed by atoms with Crippen LogP contribution in [0.25, 0.3) is 0 Å². The number of carbonyl (C=O) groups is 1. The van der Waals surface area contributed by atoms with E-state index in [1.165, 1.54) is 0 Å². The molecule has 2 heterocycles. The van der Waals surface area contributed by atoms with Gasteiger partial charge in [0.2, 0.25) is 5.91 Å². The molecule has 1 amide bonds. The smallest absolute Gasteiger partial charge is 0.233 e. The van der Waals surface area contributed by atoms with Gasteiger partial charge in [-0.1, -0.05) is 23.7 Å². The van der Waals surface area contributed by atoms with Crippen LogP contribution in [0.5, 0.6) is 0 Å². The van der Waals surface area contributed by atoms with Gasteiger partial charge in [-0.25, -0.2) is 4.98 Å². The Morgan fingerprint density at radius 1 is 1.26 bits per heavy atom. The van der Waals surface area contributed by atoms with Crippen molar-refractivity contribution >= 4 is 29.0 Å². The first-order chi connectivity index (χ1) is 13.0. The summed E-state index contributed by atoms with van der Waals surface area (Å²) in [5, 5.41) is 3.73. The Bertz CT molecular complexity index is 837. The molecule has 5 nitrogen and oxygen atoms in total. The predicted octanol–water partition coefficient (Wildman–Crippen LogP) is 3.54. The fourth-order valence-electron chi connectivity index (χ4n) is 4.14. The van der Waals surface area contributed by atoms with Crippen LogP contribution in [0.4, 0.5) is 11.5 Å². The number of rotatable bonds is 4. The van der Waals surface area contributed by atoms with Crippen molar-refractivity contribution in [1.82, 2.24) is 9.88 Å². The molecule has 142 valence electrons. The molecule has 2 atom stereocenters. The summed E-state index contributed by atoms with van der Waals surface area (Å²) in [5.74, 6) is 0.437. The first-order valence-electron chi connectivity index (χ1n) is 9.48. The van der Waals surface area contributed by atoms with Gasteiger partial charge in [-0.3, -0.25) is 4.79 Å². The van der Waals surface area contributed by atoms with E-state index in [1.54, 1.807) is 0 Å². The van der Waals surface area contributed by atoms with E-state index in [1.807, 2.05) is 36.5 Å². The van der Waals surface area contributed by atoms with Crippen molar-refractivity contribution in [2.75, 3.05) is 37.4 Å². The normalized spacial score (nSPS) is 21.6. The number of fused-ring (bicyclic) bond motifs is 1. The minimum Gasteiger partial charge on any atom is -0.369 e. The van der Waals surface area contributed by atoms with Crippen LogP contribution >= 0.6 is 11.6 Å². The van der Waals surface area contributed by atoms with Gasteiger partial charge < -0.3 is 15.1 Å². The van der Waals surface area contributed by atoms with E-state index in [-0.39, 0.29) is 11.8 Å². The van der Waals surface area contributed by atoms with Crippen molar-refractivity contribution in [3.05, 3.63) is 52.7 Å². The first-order valence-corrected chi connectivity index (χ1v) is 9.86. The number of amides is 1. The quantitative estimate of drug-likeness (QED) is 0.875. The maximum absolute atomic E-state index is 12.7. The van der Waals surface area contributed by atoms with Crippen LogP contribution in [0, 0.1) is 0 Å². The Kier molecular flexibility index (Phi) is 5.06. The summed E-state index contributed by atoms with van der Waals surface area (Å²) in [6.07, 6.45) is 4.66. The molecule has 1 saturated heterocycles. The van der Waals surface area contributed by atoms with Gasteiger partial charge in [0.25, 0.3) is 0 Å². The third-order valence-corrected chi connectivity index (χ3v) is 6.14. The molecule has 27 heavy (non-hydrogen) atoms. The number of carbonyl (C=O) groups excluding carboxylic acids is 1. The topological polar surface area (TPSA) is 48.5 Å². The largest absolute Gasteiger partial charge is 0.369 e. The number of halogens is 1. The monoisotopic (exact) mass is 384 g/mol. The van der Waals surface area contributed by atoms with Crippen molar-refractivity contribution in [2.45, 2.75) is 31.2 Å². The molecule has 1 aromatic heterocycles. The predicted molar refractivity (Wildman–Crippen MR) is 110 cm³/mol.